The molecule has 150 valence electrons. The third kappa shape index (κ3) is 5.38. The highest BCUT2D eigenvalue weighted by Gasteiger charge is 2.36. The molecule has 1 aliphatic heterocycles. The Hall–Kier alpha value is -1.90. The molecular formula is C21H17Br2NO4S. The minimum Gasteiger partial charge on any atom is -0.493 e. The second kappa shape index (κ2) is 9.73. The third-order valence-corrected chi connectivity index (χ3v) is 5.99. The van der Waals surface area contributed by atoms with Crippen molar-refractivity contribution in [2.45, 2.75) is 13.3 Å². The largest absolute Gasteiger partial charge is 0.493 e. The summed E-state index contributed by atoms with van der Waals surface area (Å²) in [6.07, 6.45) is 2.48. The average molecular weight is 539 g/mol. The molecule has 3 rings (SSSR count). The Labute approximate surface area is 189 Å². The van der Waals surface area contributed by atoms with Crippen LogP contribution >= 0.6 is 43.6 Å². The van der Waals surface area contributed by atoms with Gasteiger partial charge in [0, 0.05) is 20.1 Å². The number of hydrogen-bond acceptors (Lipinski definition) is 5. The van der Waals surface area contributed by atoms with Crippen LogP contribution in [0.4, 0.5) is 4.79 Å². The number of halogens is 2. The highest BCUT2D eigenvalue weighted by Crippen LogP contribution is 2.35. The molecule has 0 spiro atoms. The molecule has 0 aromatic heterocycles. The van der Waals surface area contributed by atoms with E-state index < -0.39 is 11.1 Å². The second-order valence-electron chi connectivity index (χ2n) is 6.23. The van der Waals surface area contributed by atoms with Gasteiger partial charge in [-0.2, -0.15) is 0 Å². The third-order valence-electron chi connectivity index (χ3n) is 4.06. The van der Waals surface area contributed by atoms with Crippen LogP contribution < -0.4 is 4.74 Å². The van der Waals surface area contributed by atoms with Crippen molar-refractivity contribution in [1.82, 2.24) is 4.90 Å². The molecular weight excluding hydrogens is 522 g/mol. The van der Waals surface area contributed by atoms with E-state index in [9.17, 15) is 14.4 Å². The first kappa shape index (κ1) is 21.8. The van der Waals surface area contributed by atoms with Crippen molar-refractivity contribution in [2.75, 3.05) is 13.2 Å². The van der Waals surface area contributed by atoms with E-state index in [-0.39, 0.29) is 17.2 Å². The van der Waals surface area contributed by atoms with Crippen molar-refractivity contribution in [3.63, 3.8) is 0 Å². The summed E-state index contributed by atoms with van der Waals surface area (Å²) in [5.74, 6) is -0.143. The first-order valence-electron chi connectivity index (χ1n) is 8.85. The summed E-state index contributed by atoms with van der Waals surface area (Å²) in [5.41, 5.74) is 1.14. The lowest BCUT2D eigenvalue weighted by Gasteiger charge is -2.11. The van der Waals surface area contributed by atoms with Crippen LogP contribution in [0.2, 0.25) is 0 Å². The molecule has 2 aromatic carbocycles. The molecule has 0 saturated carbocycles. The minimum atomic E-state index is -0.480. The Kier molecular flexibility index (Phi) is 7.32. The van der Waals surface area contributed by atoms with E-state index in [2.05, 4.69) is 31.9 Å². The normalized spacial score (nSPS) is 15.3. The van der Waals surface area contributed by atoms with E-state index in [1.807, 2.05) is 25.1 Å². The van der Waals surface area contributed by atoms with Crippen LogP contribution in [0.1, 0.15) is 29.3 Å². The number of benzene rings is 2. The number of nitrogens with zero attached hydrogens (tertiary/aromatic N) is 1. The zero-order chi connectivity index (χ0) is 21.0. The van der Waals surface area contributed by atoms with Gasteiger partial charge in [-0.1, -0.05) is 50.9 Å². The molecule has 0 unspecified atom stereocenters. The number of ether oxygens (including phenoxy) is 1. The Balaban J connectivity index is 1.80. The fraction of sp³-hybridized carbons (Fsp3) is 0.190. The Morgan fingerprint density at radius 2 is 1.79 bits per heavy atom. The van der Waals surface area contributed by atoms with Gasteiger partial charge in [0.05, 0.1) is 18.1 Å². The lowest BCUT2D eigenvalue weighted by molar-refractivity contribution is -0.122. The average Bonchev–Trinajstić information content (AvgIpc) is 2.95. The highest BCUT2D eigenvalue weighted by molar-refractivity contribution is 9.10. The molecule has 2 amide bonds. The van der Waals surface area contributed by atoms with Gasteiger partial charge >= 0.3 is 0 Å². The zero-order valence-electron chi connectivity index (χ0n) is 15.5. The van der Waals surface area contributed by atoms with Crippen LogP contribution in [-0.4, -0.2) is 35.0 Å². The molecule has 1 heterocycles. The van der Waals surface area contributed by atoms with Crippen molar-refractivity contribution >= 4 is 66.6 Å². The molecule has 8 heteroatoms. The number of ketones is 1. The lowest BCUT2D eigenvalue weighted by Crippen LogP contribution is -2.33. The predicted molar refractivity (Wildman–Crippen MR) is 121 cm³/mol. The maximum Gasteiger partial charge on any atom is 0.293 e. The SMILES string of the molecule is CCCOc1ccc(Br)cc1/C=C1/SC(=O)N(CC(=O)c2ccc(Br)cc2)C1=O. The van der Waals surface area contributed by atoms with E-state index in [1.165, 1.54) is 0 Å². The van der Waals surface area contributed by atoms with Crippen molar-refractivity contribution in [2.24, 2.45) is 0 Å². The van der Waals surface area contributed by atoms with Crippen LogP contribution in [0, 0.1) is 0 Å². The van der Waals surface area contributed by atoms with Gasteiger partial charge < -0.3 is 4.74 Å². The van der Waals surface area contributed by atoms with Crippen molar-refractivity contribution < 1.29 is 19.1 Å². The fourth-order valence-electron chi connectivity index (χ4n) is 2.62. The fourth-order valence-corrected chi connectivity index (χ4v) is 4.10. The summed E-state index contributed by atoms with van der Waals surface area (Å²) >= 11 is 7.55. The van der Waals surface area contributed by atoms with Crippen LogP contribution in [0.25, 0.3) is 6.08 Å². The molecule has 0 atom stereocenters. The predicted octanol–water partition coefficient (Wildman–Crippen LogP) is 5.92. The maximum absolute atomic E-state index is 12.8. The van der Waals surface area contributed by atoms with Crippen LogP contribution in [0.3, 0.4) is 0 Å². The molecule has 0 aliphatic carbocycles. The summed E-state index contributed by atoms with van der Waals surface area (Å²) in [6.45, 7) is 2.26. The maximum atomic E-state index is 12.8. The van der Waals surface area contributed by atoms with Crippen LogP contribution in [0.5, 0.6) is 5.75 Å². The van der Waals surface area contributed by atoms with Gasteiger partial charge in [-0.15, -0.1) is 0 Å². The summed E-state index contributed by atoms with van der Waals surface area (Å²) in [5, 5.41) is -0.460. The second-order valence-corrected chi connectivity index (χ2v) is 9.05. The van der Waals surface area contributed by atoms with E-state index in [0.717, 1.165) is 32.0 Å². The molecule has 5 nitrogen and oxygen atoms in total. The standard InChI is InChI=1S/C21H17Br2NO4S/c1-2-9-28-18-8-7-16(23)10-14(18)11-19-20(26)24(21(27)29-19)12-17(25)13-3-5-15(22)6-4-13/h3-8,10-11H,2,9,12H2,1H3/b19-11+. The van der Waals surface area contributed by atoms with Gasteiger partial charge in [0.1, 0.15) is 5.75 Å². The van der Waals surface area contributed by atoms with E-state index in [1.54, 1.807) is 30.3 Å². The van der Waals surface area contributed by atoms with Crippen molar-refractivity contribution in [3.05, 3.63) is 67.4 Å². The smallest absolute Gasteiger partial charge is 0.293 e. The van der Waals surface area contributed by atoms with Gasteiger partial charge in [0.25, 0.3) is 11.1 Å². The number of hydrogen-bond donors (Lipinski definition) is 0. The number of imide groups is 1. The number of carbonyl (C=O) groups is 3. The molecule has 0 radical (unpaired) electrons. The van der Waals surface area contributed by atoms with Gasteiger partial charge in [-0.05, 0) is 54.6 Å². The number of rotatable bonds is 7. The first-order valence-corrected chi connectivity index (χ1v) is 11.3. The molecule has 29 heavy (non-hydrogen) atoms. The number of carbonyl (C=O) groups excluding carboxylic acids is 3. The summed E-state index contributed by atoms with van der Waals surface area (Å²) in [7, 11) is 0. The topological polar surface area (TPSA) is 63.7 Å². The Morgan fingerprint density at radius 1 is 1.10 bits per heavy atom. The molecule has 0 N–H and O–H groups in total. The minimum absolute atomic E-state index is 0.262. The molecule has 1 saturated heterocycles. The van der Waals surface area contributed by atoms with Crippen LogP contribution in [-0.2, 0) is 4.79 Å². The van der Waals surface area contributed by atoms with E-state index in [4.69, 9.17) is 4.74 Å². The lowest BCUT2D eigenvalue weighted by atomic mass is 10.1. The zero-order valence-corrected chi connectivity index (χ0v) is 19.5. The monoisotopic (exact) mass is 537 g/mol. The number of amides is 2. The van der Waals surface area contributed by atoms with E-state index in [0.29, 0.717) is 23.5 Å². The van der Waals surface area contributed by atoms with Gasteiger partial charge in [0.2, 0.25) is 0 Å². The molecule has 0 bridgehead atoms. The molecule has 1 fully saturated rings. The number of Topliss-reactive ketones (excluding diaryl/α,β-unsaturated/α-hetero) is 1. The highest BCUT2D eigenvalue weighted by atomic mass is 79.9. The van der Waals surface area contributed by atoms with Crippen molar-refractivity contribution in [1.29, 1.82) is 0 Å². The van der Waals surface area contributed by atoms with Gasteiger partial charge in [0.15, 0.2) is 5.78 Å². The van der Waals surface area contributed by atoms with E-state index >= 15 is 0 Å². The van der Waals surface area contributed by atoms with Gasteiger partial charge in [-0.25, -0.2) is 0 Å². The summed E-state index contributed by atoms with van der Waals surface area (Å²) < 4.78 is 7.41. The quantitative estimate of drug-likeness (QED) is 0.323. The number of thioether (sulfide) groups is 1. The van der Waals surface area contributed by atoms with Crippen molar-refractivity contribution in [3.8, 4) is 5.75 Å². The summed E-state index contributed by atoms with van der Waals surface area (Å²) in [4.78, 5) is 38.8. The molecule has 1 aliphatic rings. The molecule has 2 aromatic rings. The Bertz CT molecular complexity index is 989. The summed E-state index contributed by atoms with van der Waals surface area (Å²) in [6, 6.07) is 12.3. The van der Waals surface area contributed by atoms with Crippen LogP contribution in [0.15, 0.2) is 56.3 Å². The Morgan fingerprint density at radius 3 is 2.48 bits per heavy atom. The first-order chi connectivity index (χ1) is 13.9. The van der Waals surface area contributed by atoms with Gasteiger partial charge in [-0.3, -0.25) is 19.3 Å².